The zero-order valence-electron chi connectivity index (χ0n) is 14.8. The molecule has 0 aromatic heterocycles. The molecule has 0 radical (unpaired) electrons. The Bertz CT molecular complexity index is 751. The number of aliphatic hydroxyl groups excluding tert-OH is 2. The van der Waals surface area contributed by atoms with Gasteiger partial charge < -0.3 is 29.2 Å². The van der Waals surface area contributed by atoms with Crippen molar-refractivity contribution in [2.24, 2.45) is 0 Å². The lowest BCUT2D eigenvalue weighted by atomic mass is 10.0. The SMILES string of the molecule is O[C@H]([C@@H](O)[C@H]1COC(c2ccccc2Cl)O1)[C@@H]1COC(c2ccccc2Cl)O1. The molecular weight excluding hydrogens is 407 g/mol. The number of halogens is 2. The van der Waals surface area contributed by atoms with Crippen molar-refractivity contribution < 1.29 is 29.2 Å². The van der Waals surface area contributed by atoms with Gasteiger partial charge in [-0.1, -0.05) is 59.6 Å². The average Bonchev–Trinajstić information content (AvgIpc) is 3.38. The van der Waals surface area contributed by atoms with E-state index in [9.17, 15) is 10.2 Å². The molecule has 2 aromatic carbocycles. The Morgan fingerprint density at radius 2 is 1.11 bits per heavy atom. The van der Waals surface area contributed by atoms with Gasteiger partial charge in [0.2, 0.25) is 0 Å². The maximum atomic E-state index is 10.6. The van der Waals surface area contributed by atoms with Crippen LogP contribution in [0.2, 0.25) is 10.0 Å². The van der Waals surface area contributed by atoms with E-state index in [1.165, 1.54) is 0 Å². The summed E-state index contributed by atoms with van der Waals surface area (Å²) in [6, 6.07) is 14.3. The Labute approximate surface area is 172 Å². The first-order valence-corrected chi connectivity index (χ1v) is 9.69. The highest BCUT2D eigenvalue weighted by molar-refractivity contribution is 6.31. The molecule has 0 saturated carbocycles. The zero-order chi connectivity index (χ0) is 19.7. The van der Waals surface area contributed by atoms with Crippen molar-refractivity contribution in [2.75, 3.05) is 13.2 Å². The van der Waals surface area contributed by atoms with Crippen LogP contribution in [-0.4, -0.2) is 47.8 Å². The van der Waals surface area contributed by atoms with Crippen molar-refractivity contribution in [2.45, 2.75) is 37.0 Å². The number of ether oxygens (including phenoxy) is 4. The van der Waals surface area contributed by atoms with Crippen LogP contribution in [0.4, 0.5) is 0 Å². The van der Waals surface area contributed by atoms with Gasteiger partial charge >= 0.3 is 0 Å². The zero-order valence-corrected chi connectivity index (χ0v) is 16.3. The van der Waals surface area contributed by atoms with E-state index in [2.05, 4.69) is 0 Å². The van der Waals surface area contributed by atoms with Crippen LogP contribution < -0.4 is 0 Å². The number of hydrogen-bond donors (Lipinski definition) is 2. The van der Waals surface area contributed by atoms with Crippen molar-refractivity contribution >= 4 is 23.2 Å². The van der Waals surface area contributed by atoms with Gasteiger partial charge in [-0.25, -0.2) is 0 Å². The molecule has 2 aliphatic rings. The summed E-state index contributed by atoms with van der Waals surface area (Å²) in [4.78, 5) is 0. The molecule has 150 valence electrons. The number of benzene rings is 2. The predicted molar refractivity (Wildman–Crippen MR) is 102 cm³/mol. The summed E-state index contributed by atoms with van der Waals surface area (Å²) >= 11 is 12.3. The van der Waals surface area contributed by atoms with Crippen LogP contribution in [0.3, 0.4) is 0 Å². The van der Waals surface area contributed by atoms with Crippen LogP contribution in [-0.2, 0) is 18.9 Å². The Balaban J connectivity index is 1.37. The van der Waals surface area contributed by atoms with E-state index in [0.29, 0.717) is 21.2 Å². The van der Waals surface area contributed by atoms with Gasteiger partial charge in [-0.3, -0.25) is 0 Å². The molecule has 2 aliphatic heterocycles. The Kier molecular flexibility index (Phi) is 6.20. The molecule has 2 unspecified atom stereocenters. The molecule has 0 aliphatic carbocycles. The quantitative estimate of drug-likeness (QED) is 0.763. The number of aliphatic hydroxyl groups is 2. The summed E-state index contributed by atoms with van der Waals surface area (Å²) < 4.78 is 22.7. The van der Waals surface area contributed by atoms with Crippen molar-refractivity contribution in [3.05, 3.63) is 69.7 Å². The lowest BCUT2D eigenvalue weighted by Crippen LogP contribution is -2.46. The van der Waals surface area contributed by atoms with Crippen LogP contribution >= 0.6 is 23.2 Å². The predicted octanol–water partition coefficient (Wildman–Crippen LogP) is 3.24. The largest absolute Gasteiger partial charge is 0.387 e. The second kappa shape index (κ2) is 8.65. The molecule has 4 rings (SSSR count). The maximum Gasteiger partial charge on any atom is 0.185 e. The molecule has 0 bridgehead atoms. The molecule has 2 saturated heterocycles. The maximum absolute atomic E-state index is 10.6. The third-order valence-electron chi connectivity index (χ3n) is 4.85. The Morgan fingerprint density at radius 3 is 1.50 bits per heavy atom. The second-order valence-electron chi connectivity index (χ2n) is 6.70. The summed E-state index contributed by atoms with van der Waals surface area (Å²) in [6.45, 7) is 0.241. The van der Waals surface area contributed by atoms with Crippen LogP contribution in [0.5, 0.6) is 0 Å². The fourth-order valence-electron chi connectivity index (χ4n) is 3.30. The number of rotatable bonds is 5. The molecule has 2 heterocycles. The van der Waals surface area contributed by atoms with E-state index in [0.717, 1.165) is 0 Å². The van der Waals surface area contributed by atoms with Crippen LogP contribution in [0.25, 0.3) is 0 Å². The molecule has 2 N–H and O–H groups in total. The normalized spacial score (nSPS) is 29.7. The van der Waals surface area contributed by atoms with E-state index in [1.54, 1.807) is 24.3 Å². The Hall–Kier alpha value is -1.22. The first kappa shape index (κ1) is 20.1. The minimum atomic E-state index is -1.22. The van der Waals surface area contributed by atoms with Crippen molar-refractivity contribution in [3.8, 4) is 0 Å². The molecule has 0 amide bonds. The summed E-state index contributed by atoms with van der Waals surface area (Å²) in [6.07, 6.45) is -5.27. The lowest BCUT2D eigenvalue weighted by molar-refractivity contribution is -0.141. The Morgan fingerprint density at radius 1 is 0.714 bits per heavy atom. The van der Waals surface area contributed by atoms with Gasteiger partial charge in [-0.2, -0.15) is 0 Å². The highest BCUT2D eigenvalue weighted by Gasteiger charge is 2.42. The molecule has 0 spiro atoms. The first-order chi connectivity index (χ1) is 13.5. The molecule has 6 atom stereocenters. The fourth-order valence-corrected chi connectivity index (χ4v) is 3.75. The van der Waals surface area contributed by atoms with Gasteiger partial charge in [-0.15, -0.1) is 0 Å². The summed E-state index contributed by atoms with van der Waals surface area (Å²) in [5.41, 5.74) is 1.35. The highest BCUT2D eigenvalue weighted by atomic mass is 35.5. The summed E-state index contributed by atoms with van der Waals surface area (Å²) in [5, 5.41) is 22.2. The van der Waals surface area contributed by atoms with Crippen LogP contribution in [0, 0.1) is 0 Å². The number of hydrogen-bond acceptors (Lipinski definition) is 6. The van der Waals surface area contributed by atoms with Crippen LogP contribution in [0.1, 0.15) is 23.7 Å². The van der Waals surface area contributed by atoms with Crippen molar-refractivity contribution in [3.63, 3.8) is 0 Å². The molecule has 2 fully saturated rings. The van der Waals surface area contributed by atoms with E-state index in [-0.39, 0.29) is 13.2 Å². The third-order valence-corrected chi connectivity index (χ3v) is 5.54. The smallest absolute Gasteiger partial charge is 0.185 e. The van der Waals surface area contributed by atoms with Crippen molar-refractivity contribution in [1.82, 2.24) is 0 Å². The first-order valence-electron chi connectivity index (χ1n) is 8.93. The van der Waals surface area contributed by atoms with Gasteiger partial charge in [0.25, 0.3) is 0 Å². The summed E-state index contributed by atoms with van der Waals surface area (Å²) in [7, 11) is 0. The minimum absolute atomic E-state index is 0.121. The molecular formula is C20H20Cl2O6. The topological polar surface area (TPSA) is 77.4 Å². The molecule has 8 heteroatoms. The van der Waals surface area contributed by atoms with Crippen LogP contribution in [0.15, 0.2) is 48.5 Å². The van der Waals surface area contributed by atoms with E-state index in [1.807, 2.05) is 24.3 Å². The third kappa shape index (κ3) is 4.06. The average molecular weight is 427 g/mol. The van der Waals surface area contributed by atoms with Crippen molar-refractivity contribution in [1.29, 1.82) is 0 Å². The van der Waals surface area contributed by atoms with Gasteiger partial charge in [0.05, 0.1) is 13.2 Å². The van der Waals surface area contributed by atoms with Gasteiger partial charge in [-0.05, 0) is 12.1 Å². The van der Waals surface area contributed by atoms with Gasteiger partial charge in [0.1, 0.15) is 24.4 Å². The molecule has 28 heavy (non-hydrogen) atoms. The standard InChI is InChI=1S/C20H20Cl2O6/c21-13-7-3-1-5-11(13)19-25-9-15(27-19)17(23)18(24)16-10-26-20(28-16)12-6-2-4-8-14(12)22/h1-8,15-20,23-24H,9-10H2/t15-,16+,17-,18-,19?,20?/m0/s1. The molecule has 2 aromatic rings. The van der Waals surface area contributed by atoms with E-state index in [4.69, 9.17) is 42.1 Å². The van der Waals surface area contributed by atoms with Gasteiger partial charge in [0.15, 0.2) is 12.6 Å². The monoisotopic (exact) mass is 426 g/mol. The van der Waals surface area contributed by atoms with Gasteiger partial charge in [0, 0.05) is 21.2 Å². The lowest BCUT2D eigenvalue weighted by Gasteiger charge is -2.26. The highest BCUT2D eigenvalue weighted by Crippen LogP contribution is 2.36. The van der Waals surface area contributed by atoms with E-state index >= 15 is 0 Å². The minimum Gasteiger partial charge on any atom is -0.387 e. The van der Waals surface area contributed by atoms with E-state index < -0.39 is 37.0 Å². The molecule has 6 nitrogen and oxygen atoms in total. The fraction of sp³-hybridized carbons (Fsp3) is 0.400. The second-order valence-corrected chi connectivity index (χ2v) is 7.52. The summed E-state index contributed by atoms with van der Waals surface area (Å²) in [5.74, 6) is 0.